The van der Waals surface area contributed by atoms with Crippen LogP contribution in [-0.2, 0) is 17.8 Å². The molecule has 0 spiro atoms. The Morgan fingerprint density at radius 2 is 1.91 bits per heavy atom. The summed E-state index contributed by atoms with van der Waals surface area (Å²) in [6.45, 7) is 5.19. The number of pyridine rings is 1. The van der Waals surface area contributed by atoms with Gasteiger partial charge >= 0.3 is 0 Å². The molecule has 1 aliphatic heterocycles. The minimum absolute atomic E-state index is 0.00497. The number of carbonyl (C=O) groups excluding carboxylic acids is 1. The molecule has 0 aromatic carbocycles. The Morgan fingerprint density at radius 1 is 1.19 bits per heavy atom. The van der Waals surface area contributed by atoms with Crippen molar-refractivity contribution in [2.24, 2.45) is 29.1 Å². The van der Waals surface area contributed by atoms with Crippen molar-refractivity contribution in [3.05, 3.63) is 34.7 Å². The van der Waals surface area contributed by atoms with Gasteiger partial charge in [-0.1, -0.05) is 25.4 Å². The fourth-order valence-corrected chi connectivity index (χ4v) is 6.31. The fourth-order valence-electron chi connectivity index (χ4n) is 6.10. The van der Waals surface area contributed by atoms with E-state index in [1.165, 1.54) is 0 Å². The van der Waals surface area contributed by atoms with Gasteiger partial charge < -0.3 is 9.88 Å². The van der Waals surface area contributed by atoms with Gasteiger partial charge in [0.25, 0.3) is 0 Å². The highest BCUT2D eigenvalue weighted by Gasteiger charge is 2.44. The number of fused-ring (bicyclic) bond motifs is 2. The molecule has 2 fully saturated rings. The average molecular weight is 448 g/mol. The van der Waals surface area contributed by atoms with Crippen LogP contribution < -0.4 is 5.32 Å². The van der Waals surface area contributed by atoms with Crippen molar-refractivity contribution in [1.82, 2.24) is 9.55 Å². The molecule has 3 heterocycles. The van der Waals surface area contributed by atoms with Crippen LogP contribution in [-0.4, -0.2) is 15.5 Å². The smallest absolute Gasteiger partial charge is 0.228 e. The van der Waals surface area contributed by atoms with Crippen molar-refractivity contribution in [2.45, 2.75) is 52.5 Å². The number of rotatable bonds is 3. The van der Waals surface area contributed by atoms with Gasteiger partial charge in [-0.25, -0.2) is 4.98 Å². The lowest BCUT2D eigenvalue weighted by Gasteiger charge is -2.16. The van der Waals surface area contributed by atoms with Crippen LogP contribution in [0.25, 0.3) is 11.1 Å². The zero-order chi connectivity index (χ0) is 22.6. The normalized spacial score (nSPS) is 27.4. The molecule has 164 valence electrons. The van der Waals surface area contributed by atoms with E-state index in [4.69, 9.17) is 11.6 Å². The van der Waals surface area contributed by atoms with Crippen LogP contribution in [0.15, 0.2) is 18.3 Å². The standard InChI is InChI=1S/C25H26ClN5O/c1-25(2)9-22-20(7-18(11-28)31(22)13-25)19-8-23(29-12-21(19)26)30-24(32)17-5-15-3-14(10-27)4-16(15)6-17/h7-8,12,14-17H,3-6,9,13H2,1-2H3,(H,29,30,32). The summed E-state index contributed by atoms with van der Waals surface area (Å²) >= 11 is 6.52. The summed E-state index contributed by atoms with van der Waals surface area (Å²) in [5.41, 5.74) is 3.55. The quantitative estimate of drug-likeness (QED) is 0.701. The zero-order valence-electron chi connectivity index (χ0n) is 18.4. The Hall–Kier alpha value is -2.83. The van der Waals surface area contributed by atoms with Gasteiger partial charge in [0.05, 0.1) is 11.1 Å². The van der Waals surface area contributed by atoms with Crippen molar-refractivity contribution < 1.29 is 4.79 Å². The third kappa shape index (κ3) is 3.57. The monoisotopic (exact) mass is 447 g/mol. The number of nitrogens with zero attached hydrogens (tertiary/aromatic N) is 4. The maximum Gasteiger partial charge on any atom is 0.228 e. The molecule has 2 aromatic rings. The average Bonchev–Trinajstić information content (AvgIpc) is 3.47. The molecule has 0 bridgehead atoms. The fraction of sp³-hybridized carbons (Fsp3) is 0.520. The Kier molecular flexibility index (Phi) is 5.02. The zero-order valence-corrected chi connectivity index (χ0v) is 19.1. The van der Waals surface area contributed by atoms with Crippen molar-refractivity contribution in [1.29, 1.82) is 10.5 Å². The van der Waals surface area contributed by atoms with Crippen molar-refractivity contribution in [2.75, 3.05) is 5.32 Å². The van der Waals surface area contributed by atoms with E-state index >= 15 is 0 Å². The molecule has 3 aliphatic rings. The van der Waals surface area contributed by atoms with E-state index in [0.717, 1.165) is 55.5 Å². The van der Waals surface area contributed by atoms with E-state index in [9.17, 15) is 15.3 Å². The first-order valence-electron chi connectivity index (χ1n) is 11.3. The van der Waals surface area contributed by atoms with Gasteiger partial charge in [-0.15, -0.1) is 0 Å². The summed E-state index contributed by atoms with van der Waals surface area (Å²) in [7, 11) is 0. The van der Waals surface area contributed by atoms with Crippen LogP contribution in [0.2, 0.25) is 5.02 Å². The lowest BCUT2D eigenvalue weighted by atomic mass is 9.89. The number of halogens is 1. The Labute approximate surface area is 193 Å². The van der Waals surface area contributed by atoms with Gasteiger partial charge in [0.15, 0.2) is 0 Å². The van der Waals surface area contributed by atoms with Gasteiger partial charge in [-0.2, -0.15) is 10.5 Å². The van der Waals surface area contributed by atoms with Gasteiger partial charge in [-0.05, 0) is 61.5 Å². The number of carbonyl (C=O) groups is 1. The SMILES string of the molecule is CC1(C)Cc2c(-c3cc(NC(=O)C4CC5CC(C#N)CC5C4)ncc3Cl)cc(C#N)n2C1. The Morgan fingerprint density at radius 3 is 2.56 bits per heavy atom. The molecule has 1 amide bonds. The number of anilines is 1. The molecule has 0 radical (unpaired) electrons. The summed E-state index contributed by atoms with van der Waals surface area (Å²) in [6.07, 6.45) is 5.98. The third-order valence-electron chi connectivity index (χ3n) is 7.52. The molecule has 7 heteroatoms. The number of amides is 1. The molecule has 1 N–H and O–H groups in total. The van der Waals surface area contributed by atoms with Crippen LogP contribution >= 0.6 is 11.6 Å². The molecule has 2 aromatic heterocycles. The number of nitriles is 2. The number of hydrogen-bond donors (Lipinski definition) is 1. The minimum Gasteiger partial charge on any atom is -0.335 e. The molecule has 0 saturated heterocycles. The first kappa shape index (κ1) is 21.0. The Balaban J connectivity index is 1.37. The highest BCUT2D eigenvalue weighted by Crippen LogP contribution is 2.49. The highest BCUT2D eigenvalue weighted by atomic mass is 35.5. The molecular formula is C25H26ClN5O. The van der Waals surface area contributed by atoms with E-state index in [0.29, 0.717) is 28.4 Å². The predicted octanol–water partition coefficient (Wildman–Crippen LogP) is 5.17. The van der Waals surface area contributed by atoms with E-state index in [1.54, 1.807) is 6.20 Å². The molecule has 2 aliphatic carbocycles. The summed E-state index contributed by atoms with van der Waals surface area (Å²) < 4.78 is 2.08. The van der Waals surface area contributed by atoms with Gasteiger partial charge in [0.2, 0.25) is 5.91 Å². The molecule has 2 unspecified atom stereocenters. The van der Waals surface area contributed by atoms with Gasteiger partial charge in [0, 0.05) is 41.4 Å². The number of nitrogens with one attached hydrogen (secondary N) is 1. The van der Waals surface area contributed by atoms with Crippen LogP contribution in [0.3, 0.4) is 0 Å². The summed E-state index contributed by atoms with van der Waals surface area (Å²) in [5.74, 6) is 1.57. The van der Waals surface area contributed by atoms with E-state index in [-0.39, 0.29) is 23.2 Å². The van der Waals surface area contributed by atoms with Crippen LogP contribution in [0.4, 0.5) is 5.82 Å². The van der Waals surface area contributed by atoms with E-state index in [2.05, 4.69) is 40.9 Å². The van der Waals surface area contributed by atoms with E-state index in [1.807, 2.05) is 12.1 Å². The second-order valence-electron chi connectivity index (χ2n) is 10.5. The van der Waals surface area contributed by atoms with Gasteiger partial charge in [0.1, 0.15) is 17.6 Å². The maximum absolute atomic E-state index is 13.0. The summed E-state index contributed by atoms with van der Waals surface area (Å²) in [5, 5.41) is 22.3. The largest absolute Gasteiger partial charge is 0.335 e. The lowest BCUT2D eigenvalue weighted by molar-refractivity contribution is -0.119. The van der Waals surface area contributed by atoms with Crippen molar-refractivity contribution in [3.63, 3.8) is 0 Å². The van der Waals surface area contributed by atoms with Crippen LogP contribution in [0, 0.1) is 51.7 Å². The molecule has 2 atom stereocenters. The van der Waals surface area contributed by atoms with Crippen molar-refractivity contribution >= 4 is 23.3 Å². The Bertz CT molecular complexity index is 1170. The van der Waals surface area contributed by atoms with Gasteiger partial charge in [-0.3, -0.25) is 4.79 Å². The molecule has 5 rings (SSSR count). The third-order valence-corrected chi connectivity index (χ3v) is 7.82. The number of hydrogen-bond acceptors (Lipinski definition) is 4. The predicted molar refractivity (Wildman–Crippen MR) is 122 cm³/mol. The molecule has 6 nitrogen and oxygen atoms in total. The molecule has 32 heavy (non-hydrogen) atoms. The van der Waals surface area contributed by atoms with Crippen LogP contribution in [0.1, 0.15) is 50.9 Å². The second-order valence-corrected chi connectivity index (χ2v) is 10.9. The highest BCUT2D eigenvalue weighted by molar-refractivity contribution is 6.33. The van der Waals surface area contributed by atoms with Crippen molar-refractivity contribution in [3.8, 4) is 23.3 Å². The summed E-state index contributed by atoms with van der Waals surface area (Å²) in [6, 6.07) is 8.40. The minimum atomic E-state index is -0.0321. The first-order chi connectivity index (χ1) is 15.3. The topological polar surface area (TPSA) is 94.5 Å². The summed E-state index contributed by atoms with van der Waals surface area (Å²) in [4.78, 5) is 17.3. The first-order valence-corrected chi connectivity index (χ1v) is 11.6. The second kappa shape index (κ2) is 7.64. The lowest BCUT2D eigenvalue weighted by Crippen LogP contribution is -2.22. The maximum atomic E-state index is 13.0. The van der Waals surface area contributed by atoms with E-state index < -0.39 is 0 Å². The number of aromatic nitrogens is 2. The molecule has 2 saturated carbocycles. The van der Waals surface area contributed by atoms with Crippen LogP contribution in [0.5, 0.6) is 0 Å². The molecular weight excluding hydrogens is 422 g/mol.